The SMILES string of the molecule is CCONC(=O)c1cc(-n2c(=O)cc(C(F)(F)F)n(C)c2=O)c(F)cc1Cl. The summed E-state index contributed by atoms with van der Waals surface area (Å²) in [6.07, 6.45) is -4.97. The second kappa shape index (κ2) is 7.53. The van der Waals surface area contributed by atoms with Crippen molar-refractivity contribution in [1.29, 1.82) is 0 Å². The summed E-state index contributed by atoms with van der Waals surface area (Å²) in [5.41, 5.74) is -3.48. The van der Waals surface area contributed by atoms with E-state index in [1.54, 1.807) is 6.92 Å². The lowest BCUT2D eigenvalue weighted by molar-refractivity contribution is -0.144. The molecule has 0 spiro atoms. The van der Waals surface area contributed by atoms with Crippen molar-refractivity contribution >= 4 is 17.5 Å². The van der Waals surface area contributed by atoms with Gasteiger partial charge in [0, 0.05) is 13.1 Å². The Morgan fingerprint density at radius 2 is 1.89 bits per heavy atom. The maximum Gasteiger partial charge on any atom is 0.431 e. The zero-order valence-electron chi connectivity index (χ0n) is 13.9. The summed E-state index contributed by atoms with van der Waals surface area (Å²) in [4.78, 5) is 41.0. The van der Waals surface area contributed by atoms with E-state index in [1.807, 2.05) is 5.48 Å². The molecule has 0 aliphatic rings. The highest BCUT2D eigenvalue weighted by Gasteiger charge is 2.35. The van der Waals surface area contributed by atoms with Crippen LogP contribution in [0.1, 0.15) is 23.0 Å². The van der Waals surface area contributed by atoms with Gasteiger partial charge in [0.05, 0.1) is 22.9 Å². The zero-order valence-corrected chi connectivity index (χ0v) is 14.6. The highest BCUT2D eigenvalue weighted by atomic mass is 35.5. The van der Waals surface area contributed by atoms with Gasteiger partial charge in [-0.3, -0.25) is 19.0 Å². The van der Waals surface area contributed by atoms with Crippen LogP contribution in [0.25, 0.3) is 5.69 Å². The summed E-state index contributed by atoms with van der Waals surface area (Å²) < 4.78 is 53.3. The Bertz CT molecular complexity index is 1010. The number of carbonyl (C=O) groups excluding carboxylic acids is 1. The molecule has 0 aliphatic heterocycles. The molecule has 0 radical (unpaired) electrons. The van der Waals surface area contributed by atoms with Crippen LogP contribution in [0.4, 0.5) is 17.6 Å². The normalized spacial score (nSPS) is 11.5. The number of aromatic nitrogens is 2. The van der Waals surface area contributed by atoms with E-state index < -0.39 is 40.5 Å². The lowest BCUT2D eigenvalue weighted by atomic mass is 10.1. The lowest BCUT2D eigenvalue weighted by Gasteiger charge is -2.15. The second-order valence-electron chi connectivity index (χ2n) is 5.19. The van der Waals surface area contributed by atoms with E-state index in [0.717, 1.165) is 13.1 Å². The fraction of sp³-hybridized carbons (Fsp3) is 0.267. The average molecular weight is 410 g/mol. The molecule has 0 atom stereocenters. The molecule has 2 rings (SSSR count). The molecule has 0 bridgehead atoms. The van der Waals surface area contributed by atoms with Gasteiger partial charge in [0.2, 0.25) is 0 Å². The smallest absolute Gasteiger partial charge is 0.292 e. The van der Waals surface area contributed by atoms with E-state index in [2.05, 4.69) is 4.84 Å². The Morgan fingerprint density at radius 3 is 2.44 bits per heavy atom. The molecule has 0 saturated carbocycles. The first-order valence-corrected chi connectivity index (χ1v) is 7.68. The number of carbonyl (C=O) groups is 1. The lowest BCUT2D eigenvalue weighted by Crippen LogP contribution is -2.41. The molecule has 12 heteroatoms. The van der Waals surface area contributed by atoms with Crippen LogP contribution < -0.4 is 16.7 Å². The molecule has 0 saturated heterocycles. The van der Waals surface area contributed by atoms with Crippen molar-refractivity contribution in [2.45, 2.75) is 13.1 Å². The van der Waals surface area contributed by atoms with E-state index in [9.17, 15) is 31.9 Å². The van der Waals surface area contributed by atoms with Gasteiger partial charge in [0.1, 0.15) is 11.5 Å². The van der Waals surface area contributed by atoms with Crippen LogP contribution in [0.2, 0.25) is 5.02 Å². The van der Waals surface area contributed by atoms with Crippen molar-refractivity contribution in [1.82, 2.24) is 14.6 Å². The minimum atomic E-state index is -4.97. The Morgan fingerprint density at radius 1 is 1.26 bits per heavy atom. The van der Waals surface area contributed by atoms with Gasteiger partial charge in [0.15, 0.2) is 0 Å². The molecule has 1 heterocycles. The average Bonchev–Trinajstić information content (AvgIpc) is 2.56. The van der Waals surface area contributed by atoms with Crippen molar-refractivity contribution < 1.29 is 27.2 Å². The molecule has 27 heavy (non-hydrogen) atoms. The van der Waals surface area contributed by atoms with Crippen molar-refractivity contribution in [2.75, 3.05) is 6.61 Å². The van der Waals surface area contributed by atoms with Crippen LogP contribution >= 0.6 is 11.6 Å². The van der Waals surface area contributed by atoms with Gasteiger partial charge in [-0.25, -0.2) is 19.2 Å². The fourth-order valence-electron chi connectivity index (χ4n) is 2.20. The molecule has 0 unspecified atom stereocenters. The van der Waals surface area contributed by atoms with Gasteiger partial charge in [-0.05, 0) is 19.1 Å². The number of benzene rings is 1. The molecule has 0 fully saturated rings. The number of hydrogen-bond donors (Lipinski definition) is 1. The van der Waals surface area contributed by atoms with Crippen LogP contribution in [0.15, 0.2) is 27.8 Å². The molecule has 1 aromatic heterocycles. The molecule has 0 aliphatic carbocycles. The zero-order chi connectivity index (χ0) is 20.5. The minimum Gasteiger partial charge on any atom is -0.292 e. The molecule has 1 amide bonds. The van der Waals surface area contributed by atoms with Gasteiger partial charge in [-0.2, -0.15) is 13.2 Å². The third kappa shape index (κ3) is 4.03. The van der Waals surface area contributed by atoms with Gasteiger partial charge in [-0.1, -0.05) is 11.6 Å². The first-order chi connectivity index (χ1) is 12.5. The van der Waals surface area contributed by atoms with Gasteiger partial charge < -0.3 is 0 Å². The summed E-state index contributed by atoms with van der Waals surface area (Å²) in [6, 6.07) is 1.57. The molecule has 146 valence electrons. The third-order valence-electron chi connectivity index (χ3n) is 3.44. The Labute approximate surface area is 153 Å². The third-order valence-corrected chi connectivity index (χ3v) is 3.75. The Hall–Kier alpha value is -2.66. The monoisotopic (exact) mass is 409 g/mol. The maximum atomic E-state index is 14.3. The van der Waals surface area contributed by atoms with E-state index in [1.165, 1.54) is 0 Å². The number of alkyl halides is 3. The molecule has 1 N–H and O–H groups in total. The first-order valence-electron chi connectivity index (χ1n) is 7.30. The predicted octanol–water partition coefficient (Wildman–Crippen LogP) is 2.03. The molecular weight excluding hydrogens is 398 g/mol. The van der Waals surface area contributed by atoms with E-state index in [0.29, 0.717) is 6.07 Å². The van der Waals surface area contributed by atoms with Gasteiger partial charge >= 0.3 is 11.9 Å². The summed E-state index contributed by atoms with van der Waals surface area (Å²) in [5.74, 6) is -2.09. The van der Waals surface area contributed by atoms with Crippen molar-refractivity contribution in [3.05, 3.63) is 61.1 Å². The van der Waals surface area contributed by atoms with Crippen molar-refractivity contribution in [2.24, 2.45) is 7.05 Å². The molecular formula is C15H12ClF4N3O4. The Balaban J connectivity index is 2.73. The van der Waals surface area contributed by atoms with E-state index >= 15 is 0 Å². The van der Waals surface area contributed by atoms with E-state index in [4.69, 9.17) is 11.6 Å². The van der Waals surface area contributed by atoms with Crippen LogP contribution in [0, 0.1) is 5.82 Å². The predicted molar refractivity (Wildman–Crippen MR) is 86.3 cm³/mol. The van der Waals surface area contributed by atoms with Crippen molar-refractivity contribution in [3.63, 3.8) is 0 Å². The van der Waals surface area contributed by atoms with Crippen LogP contribution in [0.5, 0.6) is 0 Å². The quantitative estimate of drug-likeness (QED) is 0.619. The molecule has 1 aromatic carbocycles. The topological polar surface area (TPSA) is 82.3 Å². The fourth-order valence-corrected chi connectivity index (χ4v) is 2.43. The van der Waals surface area contributed by atoms with Crippen LogP contribution in [0.3, 0.4) is 0 Å². The standard InChI is InChI=1S/C15H12ClF4N3O4/c1-3-27-21-13(25)7-4-10(9(17)5-8(7)16)23-12(24)6-11(15(18,19)20)22(2)14(23)26/h4-6H,3H2,1-2H3,(H,21,25). The number of amides is 1. The number of hydrogen-bond acceptors (Lipinski definition) is 4. The summed E-state index contributed by atoms with van der Waals surface area (Å²) >= 11 is 5.78. The van der Waals surface area contributed by atoms with Crippen molar-refractivity contribution in [3.8, 4) is 5.69 Å². The summed E-state index contributed by atoms with van der Waals surface area (Å²) in [5, 5.41) is -0.356. The Kier molecular flexibility index (Phi) is 5.76. The van der Waals surface area contributed by atoms with Crippen LogP contribution in [-0.2, 0) is 18.1 Å². The highest BCUT2D eigenvalue weighted by Crippen LogP contribution is 2.27. The van der Waals surface area contributed by atoms with E-state index in [-0.39, 0.29) is 32.4 Å². The first kappa shape index (κ1) is 20.6. The number of nitrogens with one attached hydrogen (secondary N) is 1. The van der Waals surface area contributed by atoms with Crippen LogP contribution in [-0.4, -0.2) is 21.6 Å². The number of rotatable bonds is 4. The largest absolute Gasteiger partial charge is 0.431 e. The summed E-state index contributed by atoms with van der Waals surface area (Å²) in [7, 11) is 0.775. The highest BCUT2D eigenvalue weighted by molar-refractivity contribution is 6.33. The molecule has 7 nitrogen and oxygen atoms in total. The number of hydroxylamine groups is 1. The number of halogens is 5. The maximum absolute atomic E-state index is 14.3. The number of nitrogens with zero attached hydrogens (tertiary/aromatic N) is 2. The summed E-state index contributed by atoms with van der Waals surface area (Å²) in [6.45, 7) is 1.68. The van der Waals surface area contributed by atoms with Gasteiger partial charge in [0.25, 0.3) is 11.5 Å². The minimum absolute atomic E-state index is 0.107. The molecule has 2 aromatic rings. The van der Waals surface area contributed by atoms with Gasteiger partial charge in [-0.15, -0.1) is 0 Å². The second-order valence-corrected chi connectivity index (χ2v) is 5.60.